The zero-order chi connectivity index (χ0) is 17.2. The van der Waals surface area contributed by atoms with Crippen LogP contribution in [0.1, 0.15) is 29.9 Å². The van der Waals surface area contributed by atoms with Gasteiger partial charge in [-0.3, -0.25) is 0 Å². The van der Waals surface area contributed by atoms with Crippen molar-refractivity contribution >= 4 is 34.4 Å². The van der Waals surface area contributed by atoms with E-state index in [2.05, 4.69) is 65.9 Å². The maximum Gasteiger partial charge on any atom is 0.0825 e. The highest BCUT2D eigenvalue weighted by atomic mass is 32.2. The number of benzene rings is 2. The van der Waals surface area contributed by atoms with E-state index in [1.54, 1.807) is 0 Å². The third kappa shape index (κ3) is 2.88. The molecule has 1 atom stereocenters. The van der Waals surface area contributed by atoms with E-state index < -0.39 is 0 Å². The maximum atomic E-state index is 5.42. The van der Waals surface area contributed by atoms with Crippen molar-refractivity contribution in [2.75, 3.05) is 5.75 Å². The molecule has 1 nitrogen and oxygen atoms in total. The average Bonchev–Trinajstić information content (AvgIpc) is 3.00. The molecule has 4 rings (SSSR count). The van der Waals surface area contributed by atoms with Gasteiger partial charge < -0.3 is 4.57 Å². The van der Waals surface area contributed by atoms with Crippen LogP contribution in [0.2, 0.25) is 0 Å². The summed E-state index contributed by atoms with van der Waals surface area (Å²) in [6.07, 6.45) is 7.37. The molecule has 0 saturated heterocycles. The van der Waals surface area contributed by atoms with Crippen LogP contribution in [0.25, 0.3) is 22.2 Å². The fourth-order valence-corrected chi connectivity index (χ4v) is 6.45. The molecule has 0 bridgehead atoms. The van der Waals surface area contributed by atoms with Gasteiger partial charge in [-0.25, -0.2) is 0 Å². The fourth-order valence-electron chi connectivity index (χ4n) is 3.61. The van der Waals surface area contributed by atoms with Crippen molar-refractivity contribution < 1.29 is 0 Å². The molecule has 1 unspecified atom stereocenters. The molecule has 3 heteroatoms. The lowest BCUT2D eigenvalue weighted by atomic mass is 10.1. The smallest absolute Gasteiger partial charge is 0.0825 e. The van der Waals surface area contributed by atoms with Crippen molar-refractivity contribution in [3.63, 3.8) is 0 Å². The summed E-state index contributed by atoms with van der Waals surface area (Å²) in [5, 5.41) is 1.40. The van der Waals surface area contributed by atoms with E-state index in [1.807, 2.05) is 23.5 Å². The second-order valence-corrected chi connectivity index (χ2v) is 8.81. The van der Waals surface area contributed by atoms with Crippen molar-refractivity contribution in [2.45, 2.75) is 35.8 Å². The Labute approximate surface area is 158 Å². The van der Waals surface area contributed by atoms with Gasteiger partial charge in [0.05, 0.1) is 10.3 Å². The topological polar surface area (TPSA) is 4.93 Å². The quantitative estimate of drug-likeness (QED) is 0.373. The summed E-state index contributed by atoms with van der Waals surface area (Å²) in [5.41, 5.74) is 5.63. The molecule has 2 heterocycles. The Morgan fingerprint density at radius 3 is 2.80 bits per heavy atom. The molecule has 25 heavy (non-hydrogen) atoms. The van der Waals surface area contributed by atoms with E-state index >= 15 is 0 Å². The summed E-state index contributed by atoms with van der Waals surface area (Å²) in [6.45, 7) is 3.23. The van der Waals surface area contributed by atoms with E-state index in [-0.39, 0.29) is 0 Å². The maximum absolute atomic E-state index is 5.42. The number of nitrogens with zero attached hydrogens (tertiary/aromatic N) is 1. The molecule has 0 N–H and O–H groups in total. The van der Waals surface area contributed by atoms with Crippen LogP contribution < -0.4 is 0 Å². The molecule has 0 fully saturated rings. The van der Waals surface area contributed by atoms with Crippen LogP contribution in [0.3, 0.4) is 0 Å². The average molecular weight is 364 g/mol. The van der Waals surface area contributed by atoms with E-state index in [0.29, 0.717) is 4.58 Å². The number of rotatable bonds is 5. The molecule has 3 aromatic rings. The van der Waals surface area contributed by atoms with Crippen molar-refractivity contribution in [3.8, 4) is 23.6 Å². The highest BCUT2D eigenvalue weighted by Gasteiger charge is 2.31. The molecule has 1 aromatic heterocycles. The van der Waals surface area contributed by atoms with Crippen LogP contribution in [0.4, 0.5) is 0 Å². The van der Waals surface area contributed by atoms with Gasteiger partial charge in [0, 0.05) is 39.9 Å². The fraction of sp³-hybridized carbons (Fsp3) is 0.273. The zero-order valence-electron chi connectivity index (χ0n) is 14.4. The van der Waals surface area contributed by atoms with Crippen molar-refractivity contribution in [3.05, 3.63) is 54.1 Å². The second-order valence-electron chi connectivity index (χ2n) is 6.15. The number of aromatic nitrogens is 1. The molecule has 0 aliphatic carbocycles. The van der Waals surface area contributed by atoms with Crippen molar-refractivity contribution in [1.29, 1.82) is 0 Å². The summed E-state index contributed by atoms with van der Waals surface area (Å²) in [6, 6.07) is 17.7. The first kappa shape index (κ1) is 16.7. The minimum Gasteiger partial charge on any atom is -0.340 e. The van der Waals surface area contributed by atoms with Gasteiger partial charge in [0.2, 0.25) is 0 Å². The summed E-state index contributed by atoms with van der Waals surface area (Å²) in [5.74, 6) is 3.87. The number of fused-ring (bicyclic) bond motifs is 5. The van der Waals surface area contributed by atoms with Crippen molar-refractivity contribution in [1.82, 2.24) is 4.57 Å². The van der Waals surface area contributed by atoms with E-state index in [0.717, 1.165) is 25.1 Å². The Morgan fingerprint density at radius 1 is 1.16 bits per heavy atom. The number of hydrogen-bond acceptors (Lipinski definition) is 2. The summed E-state index contributed by atoms with van der Waals surface area (Å²) in [4.78, 5) is 1.39. The normalized spacial score (nSPS) is 15.6. The number of thioether (sulfide) groups is 2. The summed E-state index contributed by atoms with van der Waals surface area (Å²) in [7, 11) is 0. The Hall–Kier alpha value is -1.76. The predicted molar refractivity (Wildman–Crippen MR) is 112 cm³/mol. The molecule has 0 radical (unpaired) electrons. The van der Waals surface area contributed by atoms with Gasteiger partial charge in [-0.05, 0) is 31.2 Å². The van der Waals surface area contributed by atoms with Gasteiger partial charge in [-0.15, -0.1) is 35.9 Å². The number of unbranched alkanes of at least 4 members (excludes halogenated alkanes) is 1. The molecule has 0 saturated carbocycles. The Bertz CT molecular complexity index is 948. The van der Waals surface area contributed by atoms with Crippen LogP contribution in [0, 0.1) is 12.3 Å². The minimum atomic E-state index is 0.431. The van der Waals surface area contributed by atoms with E-state index in [1.165, 1.54) is 32.6 Å². The van der Waals surface area contributed by atoms with Crippen LogP contribution in [0.15, 0.2) is 53.4 Å². The van der Waals surface area contributed by atoms with Crippen molar-refractivity contribution in [2.24, 2.45) is 0 Å². The minimum absolute atomic E-state index is 0.431. The van der Waals surface area contributed by atoms with Gasteiger partial charge in [-0.2, -0.15) is 0 Å². The summed E-state index contributed by atoms with van der Waals surface area (Å²) >= 11 is 4.03. The number of aryl methyl sites for hydroxylation is 1. The van der Waals surface area contributed by atoms with E-state index in [4.69, 9.17) is 6.42 Å². The molecule has 126 valence electrons. The molecule has 0 spiro atoms. The monoisotopic (exact) mass is 363 g/mol. The molecular formula is C22H21NS2. The lowest BCUT2D eigenvalue weighted by Crippen LogP contribution is -2.04. The van der Waals surface area contributed by atoms with Gasteiger partial charge >= 0.3 is 0 Å². The van der Waals surface area contributed by atoms with Gasteiger partial charge in [-0.1, -0.05) is 36.4 Å². The molecule has 1 aliphatic heterocycles. The number of terminal acetylenes is 1. The second kappa shape index (κ2) is 7.23. The van der Waals surface area contributed by atoms with Crippen LogP contribution >= 0.6 is 23.5 Å². The Kier molecular flexibility index (Phi) is 4.83. The van der Waals surface area contributed by atoms with Gasteiger partial charge in [0.15, 0.2) is 0 Å². The zero-order valence-corrected chi connectivity index (χ0v) is 16.0. The predicted octanol–water partition coefficient (Wildman–Crippen LogP) is 6.58. The Morgan fingerprint density at radius 2 is 1.96 bits per heavy atom. The molecule has 0 amide bonds. The third-order valence-corrected chi connectivity index (χ3v) is 7.49. The molecular weight excluding hydrogens is 342 g/mol. The largest absolute Gasteiger partial charge is 0.340 e. The molecule has 1 aliphatic rings. The first-order chi connectivity index (χ1) is 12.3. The van der Waals surface area contributed by atoms with Gasteiger partial charge in [0.25, 0.3) is 0 Å². The molecule has 2 aromatic carbocycles. The van der Waals surface area contributed by atoms with Gasteiger partial charge in [0.1, 0.15) is 0 Å². The third-order valence-electron chi connectivity index (χ3n) is 4.67. The lowest BCUT2D eigenvalue weighted by molar-refractivity contribution is 0.800. The lowest BCUT2D eigenvalue weighted by Gasteiger charge is -2.26. The first-order valence-corrected chi connectivity index (χ1v) is 10.7. The Balaban J connectivity index is 1.87. The number of hydrogen-bond donors (Lipinski definition) is 0. The highest BCUT2D eigenvalue weighted by molar-refractivity contribution is 8.16. The van der Waals surface area contributed by atoms with Crippen LogP contribution in [-0.2, 0) is 6.54 Å². The SMILES string of the molecule is C#CCCCSC1Sc2ccccc2-c2c1c1ccccc1n2CC. The number of para-hydroxylation sites is 1. The van der Waals surface area contributed by atoms with Crippen LogP contribution in [-0.4, -0.2) is 10.3 Å². The summed E-state index contributed by atoms with van der Waals surface area (Å²) < 4.78 is 2.92. The van der Waals surface area contributed by atoms with Crippen LogP contribution in [0.5, 0.6) is 0 Å². The first-order valence-electron chi connectivity index (χ1n) is 8.77. The van der Waals surface area contributed by atoms with E-state index in [9.17, 15) is 0 Å². The highest BCUT2D eigenvalue weighted by Crippen LogP contribution is 2.56. The standard InChI is InChI=1S/C22H21NS2/c1-3-5-10-15-24-22-20-16-11-6-8-13-18(16)23(4-2)21(20)17-12-7-9-14-19(17)25-22/h1,6-9,11-14,22H,4-5,10,15H2,2H3.